The first-order chi connectivity index (χ1) is 11.3. The number of fused-ring (bicyclic) bond motifs is 2. The SMILES string of the molecule is CC1=CN=C2C(OCc3ccccc3)=CC3NCC(CO)C3=C12. The van der Waals surface area contributed by atoms with Crippen LogP contribution < -0.4 is 5.32 Å². The van der Waals surface area contributed by atoms with E-state index in [9.17, 15) is 5.11 Å². The molecule has 0 bridgehead atoms. The monoisotopic (exact) mass is 308 g/mol. The molecule has 118 valence electrons. The van der Waals surface area contributed by atoms with Gasteiger partial charge in [-0.1, -0.05) is 30.3 Å². The van der Waals surface area contributed by atoms with Crippen molar-refractivity contribution < 1.29 is 9.84 Å². The molecule has 2 N–H and O–H groups in total. The molecular formula is C19H20N2O2. The lowest BCUT2D eigenvalue weighted by atomic mass is 9.84. The molecule has 0 amide bonds. The van der Waals surface area contributed by atoms with Gasteiger partial charge in [-0.25, -0.2) is 0 Å². The third-order valence-corrected chi connectivity index (χ3v) is 4.68. The van der Waals surface area contributed by atoms with E-state index in [0.717, 1.165) is 34.7 Å². The molecule has 0 saturated carbocycles. The summed E-state index contributed by atoms with van der Waals surface area (Å²) >= 11 is 0. The highest BCUT2D eigenvalue weighted by Gasteiger charge is 2.38. The number of hydrogen-bond acceptors (Lipinski definition) is 4. The maximum Gasteiger partial charge on any atom is 0.143 e. The van der Waals surface area contributed by atoms with Gasteiger partial charge in [-0.05, 0) is 29.7 Å². The standard InChI is InChI=1S/C19H20N2O2/c1-12-8-21-19-16(23-11-13-5-3-2-4-6-13)7-15-18(17(12)19)14(10-22)9-20-15/h2-8,14-15,20,22H,9-11H2,1H3. The van der Waals surface area contributed by atoms with Crippen LogP contribution in [0.5, 0.6) is 0 Å². The molecule has 2 unspecified atom stereocenters. The molecule has 1 saturated heterocycles. The Hall–Kier alpha value is -2.17. The van der Waals surface area contributed by atoms with E-state index < -0.39 is 0 Å². The number of aliphatic imine (C=N–C) groups is 1. The fourth-order valence-electron chi connectivity index (χ4n) is 3.52. The average molecular weight is 308 g/mol. The van der Waals surface area contributed by atoms with Gasteiger partial charge in [0.2, 0.25) is 0 Å². The highest BCUT2D eigenvalue weighted by molar-refractivity contribution is 6.17. The maximum atomic E-state index is 9.64. The Kier molecular flexibility index (Phi) is 3.63. The Morgan fingerprint density at radius 2 is 2.13 bits per heavy atom. The molecule has 1 aromatic rings. The van der Waals surface area contributed by atoms with Crippen LogP contribution in [0, 0.1) is 5.92 Å². The second-order valence-corrected chi connectivity index (χ2v) is 6.19. The molecule has 0 radical (unpaired) electrons. The van der Waals surface area contributed by atoms with Crippen molar-refractivity contribution in [2.45, 2.75) is 19.6 Å². The van der Waals surface area contributed by atoms with Gasteiger partial charge in [-0.3, -0.25) is 4.99 Å². The summed E-state index contributed by atoms with van der Waals surface area (Å²) in [6.45, 7) is 3.56. The zero-order valence-corrected chi connectivity index (χ0v) is 13.1. The van der Waals surface area contributed by atoms with Gasteiger partial charge in [0.1, 0.15) is 18.1 Å². The van der Waals surface area contributed by atoms with Crippen molar-refractivity contribution in [1.82, 2.24) is 5.32 Å². The Balaban J connectivity index is 1.62. The Morgan fingerprint density at radius 3 is 2.91 bits per heavy atom. The Labute approximate surface area is 135 Å². The van der Waals surface area contributed by atoms with Crippen molar-refractivity contribution in [3.63, 3.8) is 0 Å². The minimum absolute atomic E-state index is 0.133. The molecule has 2 atom stereocenters. The normalized spacial score (nSPS) is 25.6. The predicted octanol–water partition coefficient (Wildman–Crippen LogP) is 2.34. The van der Waals surface area contributed by atoms with Crippen molar-refractivity contribution in [2.75, 3.05) is 13.2 Å². The van der Waals surface area contributed by atoms with E-state index in [-0.39, 0.29) is 18.6 Å². The van der Waals surface area contributed by atoms with E-state index >= 15 is 0 Å². The second-order valence-electron chi connectivity index (χ2n) is 6.19. The van der Waals surface area contributed by atoms with Gasteiger partial charge in [0.05, 0.1) is 12.6 Å². The predicted molar refractivity (Wildman–Crippen MR) is 89.9 cm³/mol. The molecule has 0 aromatic heterocycles. The molecule has 4 nitrogen and oxygen atoms in total. The summed E-state index contributed by atoms with van der Waals surface area (Å²) in [7, 11) is 0. The summed E-state index contributed by atoms with van der Waals surface area (Å²) in [5, 5.41) is 13.1. The van der Waals surface area contributed by atoms with Crippen LogP contribution in [-0.2, 0) is 11.3 Å². The number of aliphatic hydroxyl groups excluding tert-OH is 1. The molecule has 4 rings (SSSR count). The lowest BCUT2D eigenvalue weighted by Crippen LogP contribution is -2.28. The number of nitrogens with zero attached hydrogens (tertiary/aromatic N) is 1. The number of benzene rings is 1. The van der Waals surface area contributed by atoms with Crippen molar-refractivity contribution in [3.05, 3.63) is 70.6 Å². The molecular weight excluding hydrogens is 288 g/mol. The molecule has 1 fully saturated rings. The van der Waals surface area contributed by atoms with Crippen LogP contribution in [0.25, 0.3) is 0 Å². The van der Waals surface area contributed by atoms with Crippen LogP contribution in [0.3, 0.4) is 0 Å². The van der Waals surface area contributed by atoms with E-state index in [0.29, 0.717) is 6.61 Å². The number of rotatable bonds is 4. The molecule has 23 heavy (non-hydrogen) atoms. The number of ether oxygens (including phenoxy) is 1. The summed E-state index contributed by atoms with van der Waals surface area (Å²) in [5.74, 6) is 0.991. The molecule has 1 aromatic carbocycles. The summed E-state index contributed by atoms with van der Waals surface area (Å²) in [5.41, 5.74) is 5.61. The second kappa shape index (κ2) is 5.80. The van der Waals surface area contributed by atoms with Gasteiger partial charge < -0.3 is 15.2 Å². The highest BCUT2D eigenvalue weighted by Crippen LogP contribution is 2.38. The van der Waals surface area contributed by atoms with Crippen LogP contribution in [0.1, 0.15) is 12.5 Å². The number of allylic oxidation sites excluding steroid dienone is 2. The molecule has 0 spiro atoms. The summed E-state index contributed by atoms with van der Waals surface area (Å²) in [6, 6.07) is 10.3. The zero-order chi connectivity index (χ0) is 15.8. The van der Waals surface area contributed by atoms with E-state index in [1.807, 2.05) is 24.4 Å². The first-order valence-corrected chi connectivity index (χ1v) is 8.00. The van der Waals surface area contributed by atoms with Crippen molar-refractivity contribution in [1.29, 1.82) is 0 Å². The number of nitrogens with one attached hydrogen (secondary N) is 1. The summed E-state index contributed by atoms with van der Waals surface area (Å²) < 4.78 is 6.07. The van der Waals surface area contributed by atoms with Crippen molar-refractivity contribution >= 4 is 5.71 Å². The largest absolute Gasteiger partial charge is 0.487 e. The lowest BCUT2D eigenvalue weighted by molar-refractivity contribution is 0.215. The van der Waals surface area contributed by atoms with Crippen molar-refractivity contribution in [2.24, 2.45) is 10.9 Å². The van der Waals surface area contributed by atoms with Gasteiger partial charge in [-0.2, -0.15) is 0 Å². The van der Waals surface area contributed by atoms with E-state index in [1.165, 1.54) is 5.57 Å². The quantitative estimate of drug-likeness (QED) is 0.897. The van der Waals surface area contributed by atoms with E-state index in [1.54, 1.807) is 0 Å². The first-order valence-electron chi connectivity index (χ1n) is 8.00. The van der Waals surface area contributed by atoms with Gasteiger partial charge in [0.15, 0.2) is 0 Å². The average Bonchev–Trinajstić information content (AvgIpc) is 3.17. The van der Waals surface area contributed by atoms with E-state index in [2.05, 4.69) is 35.4 Å². The summed E-state index contributed by atoms with van der Waals surface area (Å²) in [6.07, 6.45) is 4.00. The third-order valence-electron chi connectivity index (χ3n) is 4.68. The van der Waals surface area contributed by atoms with Crippen LogP contribution in [0.2, 0.25) is 0 Å². The smallest absolute Gasteiger partial charge is 0.143 e. The molecule has 4 heteroatoms. The Bertz CT molecular complexity index is 744. The highest BCUT2D eigenvalue weighted by atomic mass is 16.5. The van der Waals surface area contributed by atoms with Crippen molar-refractivity contribution in [3.8, 4) is 0 Å². The maximum absolute atomic E-state index is 9.64. The number of hydrogen-bond donors (Lipinski definition) is 2. The topological polar surface area (TPSA) is 53.8 Å². The van der Waals surface area contributed by atoms with Gasteiger partial charge in [0, 0.05) is 24.2 Å². The minimum Gasteiger partial charge on any atom is -0.487 e. The molecule has 2 heterocycles. The van der Waals surface area contributed by atoms with Crippen LogP contribution in [0.15, 0.2) is 70.1 Å². The van der Waals surface area contributed by atoms with Crippen LogP contribution in [-0.4, -0.2) is 30.0 Å². The lowest BCUT2D eigenvalue weighted by Gasteiger charge is -2.25. The zero-order valence-electron chi connectivity index (χ0n) is 13.1. The molecule has 1 aliphatic carbocycles. The van der Waals surface area contributed by atoms with Crippen LogP contribution >= 0.6 is 0 Å². The van der Waals surface area contributed by atoms with E-state index in [4.69, 9.17) is 4.74 Å². The number of aliphatic hydroxyl groups is 1. The fraction of sp³-hybridized carbons (Fsp3) is 0.316. The van der Waals surface area contributed by atoms with Gasteiger partial charge >= 0.3 is 0 Å². The summed E-state index contributed by atoms with van der Waals surface area (Å²) in [4.78, 5) is 4.56. The van der Waals surface area contributed by atoms with Crippen LogP contribution in [0.4, 0.5) is 0 Å². The molecule has 3 aliphatic rings. The first kappa shape index (κ1) is 14.4. The fourth-order valence-corrected chi connectivity index (χ4v) is 3.52. The minimum atomic E-state index is 0.133. The Morgan fingerprint density at radius 1 is 1.30 bits per heavy atom. The third kappa shape index (κ3) is 2.44. The molecule has 2 aliphatic heterocycles. The van der Waals surface area contributed by atoms with Gasteiger partial charge in [0.25, 0.3) is 0 Å². The van der Waals surface area contributed by atoms with Gasteiger partial charge in [-0.15, -0.1) is 0 Å².